The SMILES string of the molecule is O=C1c2cccc(N3CCN(Cc4cccn4-c4ccccn4)CC3)c2C(=O)N1Cc1ccccc1Cl. The Hall–Kier alpha value is -3.94. The van der Waals surface area contributed by atoms with Gasteiger partial charge in [0.2, 0.25) is 0 Å². The number of hydrogen-bond acceptors (Lipinski definition) is 5. The van der Waals surface area contributed by atoms with Crippen molar-refractivity contribution in [2.45, 2.75) is 13.1 Å². The second-order valence-corrected chi connectivity index (χ2v) is 9.72. The summed E-state index contributed by atoms with van der Waals surface area (Å²) in [6, 6.07) is 23.0. The predicted molar refractivity (Wildman–Crippen MR) is 143 cm³/mol. The van der Waals surface area contributed by atoms with Gasteiger partial charge >= 0.3 is 0 Å². The van der Waals surface area contributed by atoms with E-state index in [2.05, 4.69) is 25.4 Å². The Morgan fingerprint density at radius 2 is 1.59 bits per heavy atom. The first-order valence-electron chi connectivity index (χ1n) is 12.4. The lowest BCUT2D eigenvalue weighted by molar-refractivity contribution is 0.0642. The highest BCUT2D eigenvalue weighted by atomic mass is 35.5. The van der Waals surface area contributed by atoms with Gasteiger partial charge in [0, 0.05) is 55.8 Å². The van der Waals surface area contributed by atoms with Crippen LogP contribution in [0.3, 0.4) is 0 Å². The fourth-order valence-corrected chi connectivity index (χ4v) is 5.36. The Kier molecular flexibility index (Phi) is 6.24. The third-order valence-corrected chi connectivity index (χ3v) is 7.46. The van der Waals surface area contributed by atoms with Crippen LogP contribution in [0, 0.1) is 0 Å². The molecule has 7 nitrogen and oxygen atoms in total. The number of piperazine rings is 1. The molecule has 2 aromatic heterocycles. The van der Waals surface area contributed by atoms with Crippen molar-refractivity contribution in [2.75, 3.05) is 31.1 Å². The Morgan fingerprint density at radius 1 is 0.784 bits per heavy atom. The molecule has 0 unspecified atom stereocenters. The van der Waals surface area contributed by atoms with E-state index in [0.717, 1.165) is 49.8 Å². The molecule has 2 aliphatic rings. The molecule has 186 valence electrons. The Morgan fingerprint density at radius 3 is 2.38 bits per heavy atom. The molecule has 0 atom stereocenters. The molecule has 1 saturated heterocycles. The number of carbonyl (C=O) groups excluding carboxylic acids is 2. The first-order valence-corrected chi connectivity index (χ1v) is 12.8. The molecular weight excluding hydrogens is 486 g/mol. The van der Waals surface area contributed by atoms with E-state index in [-0.39, 0.29) is 18.4 Å². The Balaban J connectivity index is 1.16. The molecule has 6 rings (SSSR count). The van der Waals surface area contributed by atoms with E-state index in [1.165, 1.54) is 10.6 Å². The standard InChI is InChI=1S/C29H26ClN5O2/c30-24-10-2-1-7-21(24)19-35-28(36)23-9-5-11-25(27(23)29(35)37)33-17-15-32(16-18-33)20-22-8-6-14-34(22)26-12-3-4-13-31-26/h1-14H,15-20H2. The summed E-state index contributed by atoms with van der Waals surface area (Å²) in [6.07, 6.45) is 3.84. The number of benzene rings is 2. The Labute approximate surface area is 220 Å². The molecule has 0 saturated carbocycles. The maximum absolute atomic E-state index is 13.5. The van der Waals surface area contributed by atoms with E-state index in [1.807, 2.05) is 60.8 Å². The number of nitrogens with zero attached hydrogens (tertiary/aromatic N) is 5. The van der Waals surface area contributed by atoms with Crippen LogP contribution in [-0.4, -0.2) is 57.3 Å². The predicted octanol–water partition coefficient (Wildman–Crippen LogP) is 4.64. The second-order valence-electron chi connectivity index (χ2n) is 9.31. The third-order valence-electron chi connectivity index (χ3n) is 7.09. The average molecular weight is 512 g/mol. The zero-order chi connectivity index (χ0) is 25.4. The first kappa shape index (κ1) is 23.5. The zero-order valence-electron chi connectivity index (χ0n) is 20.3. The number of fused-ring (bicyclic) bond motifs is 1. The van der Waals surface area contributed by atoms with Crippen molar-refractivity contribution in [3.05, 3.63) is 113 Å². The van der Waals surface area contributed by atoms with E-state index in [9.17, 15) is 9.59 Å². The number of amides is 2. The topological polar surface area (TPSA) is 61.7 Å². The molecule has 0 N–H and O–H groups in total. The molecule has 0 radical (unpaired) electrons. The molecule has 4 heterocycles. The molecule has 37 heavy (non-hydrogen) atoms. The van der Waals surface area contributed by atoms with Crippen molar-refractivity contribution in [2.24, 2.45) is 0 Å². The van der Waals surface area contributed by atoms with Crippen LogP contribution < -0.4 is 4.90 Å². The quantitative estimate of drug-likeness (QED) is 0.353. The highest BCUT2D eigenvalue weighted by Gasteiger charge is 2.39. The van der Waals surface area contributed by atoms with Gasteiger partial charge in [0.15, 0.2) is 0 Å². The molecule has 2 aliphatic heterocycles. The summed E-state index contributed by atoms with van der Waals surface area (Å²) in [5, 5.41) is 0.546. The van der Waals surface area contributed by atoms with Gasteiger partial charge < -0.3 is 9.47 Å². The second kappa shape index (κ2) is 9.84. The van der Waals surface area contributed by atoms with Crippen LogP contribution in [0.4, 0.5) is 5.69 Å². The van der Waals surface area contributed by atoms with Gasteiger partial charge in [-0.05, 0) is 48.0 Å². The summed E-state index contributed by atoms with van der Waals surface area (Å²) >= 11 is 6.30. The van der Waals surface area contributed by atoms with Crippen molar-refractivity contribution in [1.29, 1.82) is 0 Å². The third kappa shape index (κ3) is 4.41. The molecular formula is C29H26ClN5O2. The summed E-state index contributed by atoms with van der Waals surface area (Å²) in [4.78, 5) is 37.0. The fraction of sp³-hybridized carbons (Fsp3) is 0.207. The average Bonchev–Trinajstić information content (AvgIpc) is 3.49. The maximum Gasteiger partial charge on any atom is 0.263 e. The van der Waals surface area contributed by atoms with Gasteiger partial charge in [-0.2, -0.15) is 0 Å². The highest BCUT2D eigenvalue weighted by molar-refractivity contribution is 6.31. The van der Waals surface area contributed by atoms with Crippen molar-refractivity contribution in [3.63, 3.8) is 0 Å². The number of pyridine rings is 1. The summed E-state index contributed by atoms with van der Waals surface area (Å²) < 4.78 is 2.12. The minimum absolute atomic E-state index is 0.162. The van der Waals surface area contributed by atoms with Gasteiger partial charge in [-0.1, -0.05) is 41.9 Å². The number of imide groups is 1. The monoisotopic (exact) mass is 511 g/mol. The lowest BCUT2D eigenvalue weighted by Gasteiger charge is -2.36. The first-order chi connectivity index (χ1) is 18.1. The molecule has 2 amide bonds. The lowest BCUT2D eigenvalue weighted by Crippen LogP contribution is -2.46. The van der Waals surface area contributed by atoms with E-state index in [4.69, 9.17) is 11.6 Å². The van der Waals surface area contributed by atoms with Gasteiger partial charge in [-0.3, -0.25) is 19.4 Å². The summed E-state index contributed by atoms with van der Waals surface area (Å²) in [5.74, 6) is 0.382. The van der Waals surface area contributed by atoms with Gasteiger partial charge in [0.25, 0.3) is 11.8 Å². The summed E-state index contributed by atoms with van der Waals surface area (Å²) in [7, 11) is 0. The molecule has 0 bridgehead atoms. The van der Waals surface area contributed by atoms with Crippen LogP contribution in [-0.2, 0) is 13.1 Å². The summed E-state index contributed by atoms with van der Waals surface area (Å²) in [5.41, 5.74) is 3.73. The smallest absolute Gasteiger partial charge is 0.263 e. The number of anilines is 1. The zero-order valence-corrected chi connectivity index (χ0v) is 21.0. The number of hydrogen-bond donors (Lipinski definition) is 0. The van der Waals surface area contributed by atoms with Crippen LogP contribution in [0.25, 0.3) is 5.82 Å². The van der Waals surface area contributed by atoms with E-state index < -0.39 is 0 Å². The summed E-state index contributed by atoms with van der Waals surface area (Å²) in [6.45, 7) is 4.22. The fourth-order valence-electron chi connectivity index (χ4n) is 5.16. The van der Waals surface area contributed by atoms with E-state index >= 15 is 0 Å². The Bertz CT molecular complexity index is 1460. The number of carbonyl (C=O) groups is 2. The highest BCUT2D eigenvalue weighted by Crippen LogP contribution is 2.34. The van der Waals surface area contributed by atoms with Crippen LogP contribution in [0.1, 0.15) is 32.0 Å². The molecule has 4 aromatic rings. The van der Waals surface area contributed by atoms with E-state index in [0.29, 0.717) is 16.1 Å². The van der Waals surface area contributed by atoms with Crippen molar-refractivity contribution in [3.8, 4) is 5.82 Å². The van der Waals surface area contributed by atoms with Crippen LogP contribution >= 0.6 is 11.6 Å². The minimum Gasteiger partial charge on any atom is -0.368 e. The molecule has 2 aromatic carbocycles. The van der Waals surface area contributed by atoms with Gasteiger partial charge in [0.05, 0.1) is 23.4 Å². The molecule has 0 spiro atoms. The van der Waals surface area contributed by atoms with Crippen molar-refractivity contribution < 1.29 is 9.59 Å². The largest absolute Gasteiger partial charge is 0.368 e. The lowest BCUT2D eigenvalue weighted by atomic mass is 10.1. The maximum atomic E-state index is 13.5. The van der Waals surface area contributed by atoms with Gasteiger partial charge in [0.1, 0.15) is 5.82 Å². The normalized spacial score (nSPS) is 15.9. The molecule has 8 heteroatoms. The van der Waals surface area contributed by atoms with Crippen molar-refractivity contribution in [1.82, 2.24) is 19.4 Å². The van der Waals surface area contributed by atoms with Gasteiger partial charge in [-0.15, -0.1) is 0 Å². The van der Waals surface area contributed by atoms with Crippen LogP contribution in [0.2, 0.25) is 5.02 Å². The number of aromatic nitrogens is 2. The van der Waals surface area contributed by atoms with Crippen molar-refractivity contribution >= 4 is 29.1 Å². The van der Waals surface area contributed by atoms with Crippen LogP contribution in [0.5, 0.6) is 0 Å². The number of halogens is 1. The van der Waals surface area contributed by atoms with Crippen LogP contribution in [0.15, 0.2) is 85.2 Å². The number of rotatable bonds is 6. The minimum atomic E-state index is -0.268. The molecule has 1 fully saturated rings. The van der Waals surface area contributed by atoms with Gasteiger partial charge in [-0.25, -0.2) is 4.98 Å². The van der Waals surface area contributed by atoms with E-state index in [1.54, 1.807) is 18.3 Å². The molecule has 0 aliphatic carbocycles.